The van der Waals surface area contributed by atoms with Crippen LogP contribution in [0.15, 0.2) is 30.6 Å². The summed E-state index contributed by atoms with van der Waals surface area (Å²) in [6, 6.07) is 6.50. The van der Waals surface area contributed by atoms with Crippen molar-refractivity contribution in [3.8, 4) is 5.88 Å². The maximum atomic E-state index is 5.11. The Bertz CT molecular complexity index is 693. The standard InChI is InChI=1S/C19H25N5O/c1-25-18-5-2-14(12-21-18)13-24-10-7-16(8-11-24)22-17-6-9-20-19(23-17)15-3-4-15/h2,5-6,9,12,15-16H,3-4,7-8,10-11,13H2,1H3,(H,20,22,23). The lowest BCUT2D eigenvalue weighted by atomic mass is 10.0. The zero-order valence-electron chi connectivity index (χ0n) is 14.7. The van der Waals surface area contributed by atoms with Gasteiger partial charge in [0.2, 0.25) is 5.88 Å². The number of aromatic nitrogens is 3. The van der Waals surface area contributed by atoms with E-state index in [0.29, 0.717) is 17.8 Å². The molecule has 6 heteroatoms. The molecule has 1 aliphatic heterocycles. The van der Waals surface area contributed by atoms with Gasteiger partial charge in [0.25, 0.3) is 0 Å². The van der Waals surface area contributed by atoms with Gasteiger partial charge in [0.1, 0.15) is 11.6 Å². The van der Waals surface area contributed by atoms with Gasteiger partial charge in [-0.15, -0.1) is 0 Å². The number of nitrogens with one attached hydrogen (secondary N) is 1. The molecule has 0 bridgehead atoms. The van der Waals surface area contributed by atoms with Gasteiger partial charge in [-0.05, 0) is 37.3 Å². The summed E-state index contributed by atoms with van der Waals surface area (Å²) >= 11 is 0. The van der Waals surface area contributed by atoms with Gasteiger partial charge in [-0.25, -0.2) is 15.0 Å². The lowest BCUT2D eigenvalue weighted by molar-refractivity contribution is 0.211. The molecule has 1 aliphatic carbocycles. The highest BCUT2D eigenvalue weighted by Gasteiger charge is 2.27. The smallest absolute Gasteiger partial charge is 0.212 e. The van der Waals surface area contributed by atoms with E-state index < -0.39 is 0 Å². The highest BCUT2D eigenvalue weighted by molar-refractivity contribution is 5.35. The van der Waals surface area contributed by atoms with E-state index in [1.807, 2.05) is 24.5 Å². The predicted octanol–water partition coefficient (Wildman–Crippen LogP) is 2.83. The van der Waals surface area contributed by atoms with Gasteiger partial charge in [0.15, 0.2) is 0 Å². The fourth-order valence-electron chi connectivity index (χ4n) is 3.32. The Hall–Kier alpha value is -2.21. The van der Waals surface area contributed by atoms with Gasteiger partial charge < -0.3 is 10.1 Å². The van der Waals surface area contributed by atoms with Crippen molar-refractivity contribution in [2.45, 2.75) is 44.2 Å². The molecule has 0 aromatic carbocycles. The number of ether oxygens (including phenoxy) is 1. The van der Waals surface area contributed by atoms with Crippen LogP contribution in [0, 0.1) is 0 Å². The number of hydrogen-bond donors (Lipinski definition) is 1. The number of piperidine rings is 1. The number of pyridine rings is 1. The highest BCUT2D eigenvalue weighted by Crippen LogP contribution is 2.38. The number of methoxy groups -OCH3 is 1. The van der Waals surface area contributed by atoms with Crippen molar-refractivity contribution in [3.63, 3.8) is 0 Å². The minimum Gasteiger partial charge on any atom is -0.481 e. The van der Waals surface area contributed by atoms with Crippen LogP contribution < -0.4 is 10.1 Å². The Morgan fingerprint density at radius 1 is 1.12 bits per heavy atom. The van der Waals surface area contributed by atoms with Gasteiger partial charge in [0.05, 0.1) is 7.11 Å². The molecular weight excluding hydrogens is 314 g/mol. The first-order chi connectivity index (χ1) is 12.3. The molecule has 1 saturated carbocycles. The van der Waals surface area contributed by atoms with Crippen molar-refractivity contribution in [2.75, 3.05) is 25.5 Å². The zero-order chi connectivity index (χ0) is 17.1. The Morgan fingerprint density at radius 2 is 1.96 bits per heavy atom. The number of hydrogen-bond acceptors (Lipinski definition) is 6. The molecule has 0 spiro atoms. The summed E-state index contributed by atoms with van der Waals surface area (Å²) < 4.78 is 5.11. The Morgan fingerprint density at radius 3 is 2.64 bits per heavy atom. The molecule has 0 amide bonds. The van der Waals surface area contributed by atoms with E-state index in [1.165, 1.54) is 18.4 Å². The summed E-state index contributed by atoms with van der Waals surface area (Å²) in [4.78, 5) is 15.8. The second-order valence-corrected chi connectivity index (χ2v) is 6.98. The van der Waals surface area contributed by atoms with Crippen LogP contribution in [0.25, 0.3) is 0 Å². The molecule has 0 atom stereocenters. The minimum absolute atomic E-state index is 0.493. The average Bonchev–Trinajstić information content (AvgIpc) is 3.50. The predicted molar refractivity (Wildman–Crippen MR) is 96.7 cm³/mol. The van der Waals surface area contributed by atoms with Gasteiger partial charge >= 0.3 is 0 Å². The molecule has 132 valence electrons. The summed E-state index contributed by atoms with van der Waals surface area (Å²) in [5, 5.41) is 3.60. The molecule has 2 fully saturated rings. The SMILES string of the molecule is COc1ccc(CN2CCC(Nc3ccnc(C4CC4)n3)CC2)cn1. The molecule has 1 N–H and O–H groups in total. The fraction of sp³-hybridized carbons (Fsp3) is 0.526. The first kappa shape index (κ1) is 16.3. The first-order valence-corrected chi connectivity index (χ1v) is 9.11. The Kier molecular flexibility index (Phi) is 4.78. The lowest BCUT2D eigenvalue weighted by Gasteiger charge is -2.32. The van der Waals surface area contributed by atoms with Crippen molar-refractivity contribution in [2.24, 2.45) is 0 Å². The number of rotatable bonds is 6. The van der Waals surface area contributed by atoms with E-state index in [4.69, 9.17) is 4.74 Å². The van der Waals surface area contributed by atoms with Crippen molar-refractivity contribution in [1.82, 2.24) is 19.9 Å². The highest BCUT2D eigenvalue weighted by atomic mass is 16.5. The van der Waals surface area contributed by atoms with Gasteiger partial charge in [0, 0.05) is 50.1 Å². The van der Waals surface area contributed by atoms with Crippen molar-refractivity contribution in [3.05, 3.63) is 42.0 Å². The third-order valence-corrected chi connectivity index (χ3v) is 4.97. The van der Waals surface area contributed by atoms with Crippen molar-refractivity contribution >= 4 is 5.82 Å². The second kappa shape index (κ2) is 7.35. The van der Waals surface area contributed by atoms with Gasteiger partial charge in [-0.2, -0.15) is 0 Å². The molecule has 25 heavy (non-hydrogen) atoms. The molecule has 3 heterocycles. The number of anilines is 1. The second-order valence-electron chi connectivity index (χ2n) is 6.98. The van der Waals surface area contributed by atoms with E-state index in [9.17, 15) is 0 Å². The normalized spacial score (nSPS) is 18.9. The maximum absolute atomic E-state index is 5.11. The van der Waals surface area contributed by atoms with Gasteiger partial charge in [-0.3, -0.25) is 4.90 Å². The minimum atomic E-state index is 0.493. The van der Waals surface area contributed by atoms with Crippen LogP contribution in [0.4, 0.5) is 5.82 Å². The Balaban J connectivity index is 1.27. The summed E-state index contributed by atoms with van der Waals surface area (Å²) in [6.07, 6.45) is 8.53. The molecular formula is C19H25N5O. The van der Waals surface area contributed by atoms with Crippen LogP contribution in [0.5, 0.6) is 5.88 Å². The Labute approximate surface area is 148 Å². The molecule has 4 rings (SSSR count). The van der Waals surface area contributed by atoms with E-state index in [2.05, 4.69) is 31.2 Å². The van der Waals surface area contributed by atoms with Crippen LogP contribution >= 0.6 is 0 Å². The molecule has 0 radical (unpaired) electrons. The van der Waals surface area contributed by atoms with Crippen LogP contribution in [-0.2, 0) is 6.54 Å². The molecule has 6 nitrogen and oxygen atoms in total. The lowest BCUT2D eigenvalue weighted by Crippen LogP contribution is -2.38. The van der Waals surface area contributed by atoms with Crippen LogP contribution in [0.2, 0.25) is 0 Å². The van der Waals surface area contributed by atoms with Gasteiger partial charge in [-0.1, -0.05) is 6.07 Å². The van der Waals surface area contributed by atoms with E-state index in [-0.39, 0.29) is 0 Å². The summed E-state index contributed by atoms with van der Waals surface area (Å²) in [7, 11) is 1.64. The summed E-state index contributed by atoms with van der Waals surface area (Å²) in [5.74, 6) is 3.26. The fourth-order valence-corrected chi connectivity index (χ4v) is 3.32. The summed E-state index contributed by atoms with van der Waals surface area (Å²) in [5.41, 5.74) is 1.23. The number of nitrogens with zero attached hydrogens (tertiary/aromatic N) is 4. The van der Waals surface area contributed by atoms with Crippen LogP contribution in [0.1, 0.15) is 43.0 Å². The summed E-state index contributed by atoms with van der Waals surface area (Å²) in [6.45, 7) is 3.12. The molecule has 2 aromatic heterocycles. The molecule has 1 saturated heterocycles. The topological polar surface area (TPSA) is 63.2 Å². The van der Waals surface area contributed by atoms with E-state index in [0.717, 1.165) is 44.1 Å². The first-order valence-electron chi connectivity index (χ1n) is 9.11. The van der Waals surface area contributed by atoms with Crippen molar-refractivity contribution < 1.29 is 4.74 Å². The quantitative estimate of drug-likeness (QED) is 0.873. The van der Waals surface area contributed by atoms with Crippen LogP contribution in [0.3, 0.4) is 0 Å². The number of likely N-dealkylation sites (tertiary alicyclic amines) is 1. The van der Waals surface area contributed by atoms with E-state index >= 15 is 0 Å². The average molecular weight is 339 g/mol. The maximum Gasteiger partial charge on any atom is 0.212 e. The zero-order valence-corrected chi connectivity index (χ0v) is 14.7. The third-order valence-electron chi connectivity index (χ3n) is 4.97. The molecule has 2 aliphatic rings. The molecule has 0 unspecified atom stereocenters. The van der Waals surface area contributed by atoms with Crippen molar-refractivity contribution in [1.29, 1.82) is 0 Å². The largest absolute Gasteiger partial charge is 0.481 e. The molecule has 2 aromatic rings. The monoisotopic (exact) mass is 339 g/mol. The third kappa shape index (κ3) is 4.25. The van der Waals surface area contributed by atoms with E-state index in [1.54, 1.807) is 7.11 Å². The van der Waals surface area contributed by atoms with Crippen LogP contribution in [-0.4, -0.2) is 46.1 Å².